The molecule has 1 aliphatic heterocycles. The van der Waals surface area contributed by atoms with Crippen molar-refractivity contribution in [3.05, 3.63) is 125 Å². The van der Waals surface area contributed by atoms with Gasteiger partial charge in [-0.25, -0.2) is 4.68 Å². The van der Waals surface area contributed by atoms with Crippen LogP contribution in [0.15, 0.2) is 103 Å². The van der Waals surface area contributed by atoms with Crippen LogP contribution in [0.2, 0.25) is 0 Å². The minimum atomic E-state index is 0.127. The van der Waals surface area contributed by atoms with Crippen molar-refractivity contribution in [3.8, 4) is 5.69 Å². The molecular weight excluding hydrogens is 414 g/mol. The predicted molar refractivity (Wildman–Crippen MR) is 130 cm³/mol. The zero-order valence-corrected chi connectivity index (χ0v) is 18.4. The number of rotatable bonds is 7. The van der Waals surface area contributed by atoms with E-state index < -0.39 is 0 Å². The van der Waals surface area contributed by atoms with E-state index in [2.05, 4.69) is 54.7 Å². The van der Waals surface area contributed by atoms with E-state index in [9.17, 15) is 4.79 Å². The van der Waals surface area contributed by atoms with Crippen molar-refractivity contribution in [3.63, 3.8) is 0 Å². The zero-order chi connectivity index (χ0) is 21.8. The molecule has 0 aliphatic carbocycles. The third kappa shape index (κ3) is 4.48. The van der Waals surface area contributed by atoms with Gasteiger partial charge in [0.1, 0.15) is 0 Å². The lowest BCUT2D eigenvalue weighted by Crippen LogP contribution is -2.21. The first-order valence-electron chi connectivity index (χ1n) is 10.6. The van der Waals surface area contributed by atoms with Gasteiger partial charge >= 0.3 is 0 Å². The first kappa shape index (κ1) is 20.2. The average Bonchev–Trinajstić information content (AvgIpc) is 3.51. The highest BCUT2D eigenvalue weighted by molar-refractivity contribution is 7.12. The minimum Gasteiger partial charge on any atom is -0.346 e. The van der Waals surface area contributed by atoms with Crippen molar-refractivity contribution in [1.29, 1.82) is 0 Å². The van der Waals surface area contributed by atoms with E-state index in [-0.39, 0.29) is 5.78 Å². The van der Waals surface area contributed by atoms with Crippen LogP contribution < -0.4 is 0 Å². The maximum Gasteiger partial charge on any atom is 0.192 e. The minimum absolute atomic E-state index is 0.127. The van der Waals surface area contributed by atoms with Crippen LogP contribution in [0.3, 0.4) is 0 Å². The number of benzene rings is 2. The quantitative estimate of drug-likeness (QED) is 0.335. The van der Waals surface area contributed by atoms with Crippen molar-refractivity contribution in [2.45, 2.75) is 12.8 Å². The van der Waals surface area contributed by atoms with Crippen LogP contribution in [0.25, 0.3) is 11.3 Å². The highest BCUT2D eigenvalue weighted by atomic mass is 32.1. The lowest BCUT2D eigenvalue weighted by Gasteiger charge is -2.19. The van der Waals surface area contributed by atoms with E-state index in [0.29, 0.717) is 6.54 Å². The van der Waals surface area contributed by atoms with Gasteiger partial charge in [-0.05, 0) is 47.2 Å². The number of nitrogens with zero attached hydrogens (tertiary/aromatic N) is 3. The van der Waals surface area contributed by atoms with Gasteiger partial charge in [0.05, 0.1) is 22.8 Å². The molecule has 32 heavy (non-hydrogen) atoms. The van der Waals surface area contributed by atoms with Gasteiger partial charge in [-0.15, -0.1) is 11.3 Å². The molecular formula is C27H23N3OS. The number of ketones is 1. The van der Waals surface area contributed by atoms with Crippen molar-refractivity contribution in [2.75, 3.05) is 6.54 Å². The van der Waals surface area contributed by atoms with E-state index in [1.54, 1.807) is 0 Å². The molecule has 0 fully saturated rings. The van der Waals surface area contributed by atoms with Crippen LogP contribution >= 0.6 is 11.3 Å². The highest BCUT2D eigenvalue weighted by Crippen LogP contribution is 2.26. The highest BCUT2D eigenvalue weighted by Gasteiger charge is 2.17. The third-order valence-corrected chi connectivity index (χ3v) is 6.33. The van der Waals surface area contributed by atoms with Crippen LogP contribution in [0, 0.1) is 0 Å². The fourth-order valence-corrected chi connectivity index (χ4v) is 4.52. The number of allylic oxidation sites excluding steroid dienone is 2. The van der Waals surface area contributed by atoms with Gasteiger partial charge < -0.3 is 4.90 Å². The molecule has 158 valence electrons. The zero-order valence-electron chi connectivity index (χ0n) is 17.6. The Morgan fingerprint density at radius 2 is 1.75 bits per heavy atom. The molecule has 2 aromatic carbocycles. The van der Waals surface area contributed by atoms with Gasteiger partial charge in [-0.3, -0.25) is 4.79 Å². The largest absolute Gasteiger partial charge is 0.346 e. The number of hydrogen-bond donors (Lipinski definition) is 0. The van der Waals surface area contributed by atoms with Gasteiger partial charge in [-0.1, -0.05) is 60.7 Å². The number of hydrogen-bond acceptors (Lipinski definition) is 4. The fraction of sp³-hybridized carbons (Fsp3) is 0.111. The van der Waals surface area contributed by atoms with Gasteiger partial charge in [0, 0.05) is 24.5 Å². The van der Waals surface area contributed by atoms with Crippen molar-refractivity contribution < 1.29 is 4.79 Å². The normalized spacial score (nSPS) is 13.2. The van der Waals surface area contributed by atoms with Crippen molar-refractivity contribution in [1.82, 2.24) is 14.7 Å². The van der Waals surface area contributed by atoms with Gasteiger partial charge in [0.15, 0.2) is 5.78 Å². The monoisotopic (exact) mass is 437 g/mol. The summed E-state index contributed by atoms with van der Waals surface area (Å²) in [7, 11) is 0. The van der Waals surface area contributed by atoms with E-state index in [1.165, 1.54) is 16.9 Å². The topological polar surface area (TPSA) is 38.1 Å². The molecule has 0 amide bonds. The van der Waals surface area contributed by atoms with Gasteiger partial charge in [0.25, 0.3) is 0 Å². The van der Waals surface area contributed by atoms with Crippen LogP contribution in [0.4, 0.5) is 0 Å². The smallest absolute Gasteiger partial charge is 0.192 e. The molecule has 0 saturated heterocycles. The second-order valence-electron chi connectivity index (χ2n) is 7.75. The van der Waals surface area contributed by atoms with Crippen LogP contribution in [-0.2, 0) is 6.42 Å². The number of para-hydroxylation sites is 1. The molecule has 0 radical (unpaired) electrons. The maximum atomic E-state index is 12.5. The molecule has 0 saturated carbocycles. The summed E-state index contributed by atoms with van der Waals surface area (Å²) in [4.78, 5) is 15.3. The molecule has 5 heteroatoms. The summed E-state index contributed by atoms with van der Waals surface area (Å²) in [6.45, 7) is 0.330. The van der Waals surface area contributed by atoms with Crippen molar-refractivity contribution >= 4 is 22.7 Å². The molecule has 4 nitrogen and oxygen atoms in total. The fourth-order valence-electron chi connectivity index (χ4n) is 3.86. The maximum absolute atomic E-state index is 12.5. The Kier molecular flexibility index (Phi) is 5.81. The standard InChI is InChI=1S/C27H23N3OS/c31-26(27-14-8-16-32-27)20-29-15-7-11-22(19-29)25-18-24(17-21-9-3-1-4-10-21)30(28-25)23-12-5-2-6-13-23/h1-10,12-16,18-19H,11,17,20H2. The Morgan fingerprint density at radius 1 is 0.969 bits per heavy atom. The molecule has 0 bridgehead atoms. The molecule has 0 unspecified atom stereocenters. The molecule has 0 atom stereocenters. The molecule has 3 heterocycles. The van der Waals surface area contributed by atoms with E-state index >= 15 is 0 Å². The summed E-state index contributed by atoms with van der Waals surface area (Å²) in [5.74, 6) is 0.127. The lowest BCUT2D eigenvalue weighted by molar-refractivity contribution is 0.0973. The molecule has 0 spiro atoms. The molecule has 2 aromatic heterocycles. The second-order valence-corrected chi connectivity index (χ2v) is 8.69. The Bertz CT molecular complexity index is 1260. The Labute approximate surface area is 191 Å². The Morgan fingerprint density at radius 3 is 2.50 bits per heavy atom. The summed E-state index contributed by atoms with van der Waals surface area (Å²) in [6.07, 6.45) is 7.71. The first-order chi connectivity index (χ1) is 15.8. The first-order valence-corrected chi connectivity index (χ1v) is 11.5. The Balaban J connectivity index is 1.45. The summed E-state index contributed by atoms with van der Waals surface area (Å²) < 4.78 is 2.03. The van der Waals surface area contributed by atoms with Gasteiger partial charge in [-0.2, -0.15) is 5.10 Å². The molecule has 1 aliphatic rings. The number of Topliss-reactive ketones (excluding diaryl/α,β-unsaturated/α-hetero) is 1. The molecule has 5 rings (SSSR count). The van der Waals surface area contributed by atoms with E-state index in [4.69, 9.17) is 5.10 Å². The summed E-state index contributed by atoms with van der Waals surface area (Å²) in [5, 5.41) is 6.90. The third-order valence-electron chi connectivity index (χ3n) is 5.42. The molecule has 4 aromatic rings. The number of thiophene rings is 1. The molecule has 0 N–H and O–H groups in total. The number of carbonyl (C=O) groups excluding carboxylic acids is 1. The second kappa shape index (κ2) is 9.20. The predicted octanol–water partition coefficient (Wildman–Crippen LogP) is 5.97. The van der Waals surface area contributed by atoms with Crippen LogP contribution in [0.1, 0.15) is 33.0 Å². The van der Waals surface area contributed by atoms with Crippen molar-refractivity contribution in [2.24, 2.45) is 0 Å². The van der Waals surface area contributed by atoms with Crippen LogP contribution in [0.5, 0.6) is 0 Å². The van der Waals surface area contributed by atoms with Gasteiger partial charge in [0.2, 0.25) is 0 Å². The summed E-state index contributed by atoms with van der Waals surface area (Å²) in [6, 6.07) is 26.6. The average molecular weight is 438 g/mol. The Hall–Kier alpha value is -3.70. The lowest BCUT2D eigenvalue weighted by atomic mass is 10.1. The van der Waals surface area contributed by atoms with Crippen LogP contribution in [-0.4, -0.2) is 27.0 Å². The number of aromatic nitrogens is 2. The SMILES string of the molecule is O=C(CN1C=CCC(c2cc(Cc3ccccc3)n(-c3ccccc3)n2)=C1)c1cccs1. The summed E-state index contributed by atoms with van der Waals surface area (Å²) in [5.41, 5.74) is 5.47. The summed E-state index contributed by atoms with van der Waals surface area (Å²) >= 11 is 1.48. The van der Waals surface area contributed by atoms with E-state index in [1.807, 2.05) is 57.6 Å². The van der Waals surface area contributed by atoms with E-state index in [0.717, 1.165) is 40.4 Å². The number of carbonyl (C=O) groups is 1.